The van der Waals surface area contributed by atoms with Gasteiger partial charge in [0.1, 0.15) is 0 Å². The first-order chi connectivity index (χ1) is 13.5. The molecular formula is C22H29N3O3. The number of aryl methyl sites for hydroxylation is 1. The molecule has 0 unspecified atom stereocenters. The summed E-state index contributed by atoms with van der Waals surface area (Å²) in [6, 6.07) is 9.22. The zero-order valence-corrected chi connectivity index (χ0v) is 16.9. The van der Waals surface area contributed by atoms with Crippen molar-refractivity contribution < 1.29 is 14.3 Å². The molecule has 1 aliphatic carbocycles. The molecule has 6 heteroatoms. The molecule has 1 aromatic carbocycles. The quantitative estimate of drug-likeness (QED) is 0.743. The predicted molar refractivity (Wildman–Crippen MR) is 107 cm³/mol. The van der Waals surface area contributed by atoms with E-state index in [1.165, 1.54) is 0 Å². The first-order valence-electron chi connectivity index (χ1n) is 10.1. The van der Waals surface area contributed by atoms with Gasteiger partial charge in [-0.25, -0.2) is 4.79 Å². The molecule has 0 radical (unpaired) electrons. The van der Waals surface area contributed by atoms with Crippen LogP contribution in [0.15, 0.2) is 30.3 Å². The van der Waals surface area contributed by atoms with Gasteiger partial charge in [-0.1, -0.05) is 43.2 Å². The number of carbonyl (C=O) groups is 2. The summed E-state index contributed by atoms with van der Waals surface area (Å²) in [7, 11) is 0. The maximum absolute atomic E-state index is 12.7. The van der Waals surface area contributed by atoms with Gasteiger partial charge >= 0.3 is 5.97 Å². The molecule has 1 fully saturated rings. The molecule has 3 rings (SSSR count). The van der Waals surface area contributed by atoms with Crippen LogP contribution in [0.4, 0.5) is 0 Å². The first kappa shape index (κ1) is 20.1. The molecule has 1 atom stereocenters. The predicted octanol–water partition coefficient (Wildman–Crippen LogP) is 3.46. The zero-order chi connectivity index (χ0) is 20.1. The summed E-state index contributed by atoms with van der Waals surface area (Å²) in [5.74, 6) is -0.513. The lowest BCUT2D eigenvalue weighted by Gasteiger charge is -2.20. The Balaban J connectivity index is 1.88. The molecule has 0 aliphatic heterocycles. The third kappa shape index (κ3) is 4.43. The second kappa shape index (κ2) is 9.04. The molecule has 1 amide bonds. The molecule has 1 aromatic heterocycles. The van der Waals surface area contributed by atoms with E-state index in [0.29, 0.717) is 6.54 Å². The van der Waals surface area contributed by atoms with Gasteiger partial charge in [-0.05, 0) is 39.2 Å². The van der Waals surface area contributed by atoms with Crippen LogP contribution in [0.2, 0.25) is 0 Å². The van der Waals surface area contributed by atoms with Crippen LogP contribution in [0.1, 0.15) is 61.2 Å². The van der Waals surface area contributed by atoms with E-state index in [-0.39, 0.29) is 18.4 Å². The van der Waals surface area contributed by atoms with Crippen molar-refractivity contribution in [1.82, 2.24) is 15.1 Å². The monoisotopic (exact) mass is 383 g/mol. The van der Waals surface area contributed by atoms with E-state index in [9.17, 15) is 9.59 Å². The zero-order valence-electron chi connectivity index (χ0n) is 16.9. The summed E-state index contributed by atoms with van der Waals surface area (Å²) < 4.78 is 7.15. The van der Waals surface area contributed by atoms with Crippen LogP contribution in [0, 0.1) is 19.8 Å². The number of aromatic nitrogens is 2. The first-order valence-corrected chi connectivity index (χ1v) is 10.1. The highest BCUT2D eigenvalue weighted by molar-refractivity contribution is 5.87. The van der Waals surface area contributed by atoms with Crippen LogP contribution in [-0.2, 0) is 20.9 Å². The summed E-state index contributed by atoms with van der Waals surface area (Å²) in [4.78, 5) is 25.4. The highest BCUT2D eigenvalue weighted by Gasteiger charge is 2.33. The lowest BCUT2D eigenvalue weighted by Crippen LogP contribution is -2.38. The molecule has 2 aromatic rings. The van der Waals surface area contributed by atoms with Crippen LogP contribution in [0.25, 0.3) is 0 Å². The Hall–Kier alpha value is -2.63. The number of nitrogens with zero attached hydrogens (tertiary/aromatic N) is 2. The van der Waals surface area contributed by atoms with Gasteiger partial charge in [0.05, 0.1) is 18.8 Å². The lowest BCUT2D eigenvalue weighted by molar-refractivity contribution is -0.148. The fourth-order valence-corrected chi connectivity index (χ4v) is 3.96. The van der Waals surface area contributed by atoms with Crippen LogP contribution >= 0.6 is 0 Å². The van der Waals surface area contributed by atoms with Crippen molar-refractivity contribution in [2.24, 2.45) is 5.92 Å². The molecule has 0 bridgehead atoms. The fourth-order valence-electron chi connectivity index (χ4n) is 3.96. The van der Waals surface area contributed by atoms with Crippen molar-refractivity contribution >= 4 is 11.9 Å². The molecule has 1 aliphatic rings. The Bertz CT molecular complexity index is 823. The standard InChI is InChI=1S/C22H29N3O3/c1-4-28-22(27)20(23-21(26)18-12-8-9-13-18)19-15(2)24-25(16(19)3)14-17-10-6-5-7-11-17/h5-7,10-11,18,20H,4,8-9,12-14H2,1-3H3,(H,23,26)/t20-/m1/s1. The average Bonchev–Trinajstić information content (AvgIpc) is 3.30. The van der Waals surface area contributed by atoms with Gasteiger partial charge in [-0.15, -0.1) is 0 Å². The van der Waals surface area contributed by atoms with Gasteiger partial charge in [0, 0.05) is 17.2 Å². The number of ether oxygens (including phenoxy) is 1. The second-order valence-corrected chi connectivity index (χ2v) is 7.40. The van der Waals surface area contributed by atoms with Crippen molar-refractivity contribution in [3.05, 3.63) is 52.8 Å². The molecule has 0 saturated heterocycles. The largest absolute Gasteiger partial charge is 0.464 e. The molecule has 0 spiro atoms. The summed E-state index contributed by atoms with van der Waals surface area (Å²) in [5.41, 5.74) is 3.47. The topological polar surface area (TPSA) is 73.2 Å². The summed E-state index contributed by atoms with van der Waals surface area (Å²) in [5, 5.41) is 7.58. The Labute approximate surface area is 166 Å². The summed E-state index contributed by atoms with van der Waals surface area (Å²) in [6.45, 7) is 6.46. The third-order valence-corrected chi connectivity index (χ3v) is 5.44. The molecule has 6 nitrogen and oxygen atoms in total. The van der Waals surface area contributed by atoms with Crippen molar-refractivity contribution in [3.8, 4) is 0 Å². The van der Waals surface area contributed by atoms with Crippen LogP contribution < -0.4 is 5.32 Å². The number of benzene rings is 1. The highest BCUT2D eigenvalue weighted by atomic mass is 16.5. The van der Waals surface area contributed by atoms with E-state index in [1.807, 2.05) is 48.9 Å². The Morgan fingerprint density at radius 2 is 1.89 bits per heavy atom. The maximum atomic E-state index is 12.7. The smallest absolute Gasteiger partial charge is 0.333 e. The van der Waals surface area contributed by atoms with Gasteiger partial charge in [-0.3, -0.25) is 9.48 Å². The average molecular weight is 383 g/mol. The molecule has 1 N–H and O–H groups in total. The van der Waals surface area contributed by atoms with Gasteiger partial charge in [0.15, 0.2) is 6.04 Å². The van der Waals surface area contributed by atoms with Crippen molar-refractivity contribution in [3.63, 3.8) is 0 Å². The van der Waals surface area contributed by atoms with E-state index in [0.717, 1.165) is 48.2 Å². The minimum atomic E-state index is -0.822. The van der Waals surface area contributed by atoms with E-state index in [4.69, 9.17) is 4.74 Å². The van der Waals surface area contributed by atoms with Gasteiger partial charge in [-0.2, -0.15) is 5.10 Å². The number of hydrogen-bond donors (Lipinski definition) is 1. The van der Waals surface area contributed by atoms with Crippen molar-refractivity contribution in [2.75, 3.05) is 6.61 Å². The fraction of sp³-hybridized carbons (Fsp3) is 0.500. The molecular weight excluding hydrogens is 354 g/mol. The minimum Gasteiger partial charge on any atom is -0.464 e. The number of amides is 1. The Morgan fingerprint density at radius 1 is 1.21 bits per heavy atom. The Kier molecular flexibility index (Phi) is 6.49. The normalized spacial score (nSPS) is 15.4. The molecule has 1 heterocycles. The number of nitrogens with one attached hydrogen (secondary N) is 1. The number of carbonyl (C=O) groups excluding carboxylic acids is 2. The van der Waals surface area contributed by atoms with E-state index in [1.54, 1.807) is 6.92 Å². The summed E-state index contributed by atoms with van der Waals surface area (Å²) >= 11 is 0. The third-order valence-electron chi connectivity index (χ3n) is 5.44. The van der Waals surface area contributed by atoms with Crippen molar-refractivity contribution in [1.29, 1.82) is 0 Å². The van der Waals surface area contributed by atoms with Crippen LogP contribution in [0.5, 0.6) is 0 Å². The SMILES string of the molecule is CCOC(=O)[C@H](NC(=O)C1CCCC1)c1c(C)nn(Cc2ccccc2)c1C. The molecule has 28 heavy (non-hydrogen) atoms. The maximum Gasteiger partial charge on any atom is 0.333 e. The number of esters is 1. The minimum absolute atomic E-state index is 0.0168. The number of hydrogen-bond acceptors (Lipinski definition) is 4. The summed E-state index contributed by atoms with van der Waals surface area (Å²) in [6.07, 6.45) is 3.89. The van der Waals surface area contributed by atoms with Gasteiger partial charge in [0.2, 0.25) is 5.91 Å². The van der Waals surface area contributed by atoms with Gasteiger partial charge in [0.25, 0.3) is 0 Å². The van der Waals surface area contributed by atoms with Crippen LogP contribution in [0.3, 0.4) is 0 Å². The van der Waals surface area contributed by atoms with Crippen LogP contribution in [-0.4, -0.2) is 28.3 Å². The number of rotatable bonds is 7. The highest BCUT2D eigenvalue weighted by Crippen LogP contribution is 2.28. The lowest BCUT2D eigenvalue weighted by atomic mass is 10.0. The van der Waals surface area contributed by atoms with E-state index < -0.39 is 12.0 Å². The molecule has 150 valence electrons. The van der Waals surface area contributed by atoms with Gasteiger partial charge < -0.3 is 10.1 Å². The van der Waals surface area contributed by atoms with E-state index >= 15 is 0 Å². The van der Waals surface area contributed by atoms with Crippen molar-refractivity contribution in [2.45, 2.75) is 59.0 Å². The molecule has 1 saturated carbocycles. The van der Waals surface area contributed by atoms with E-state index in [2.05, 4.69) is 10.4 Å². The second-order valence-electron chi connectivity index (χ2n) is 7.40. The Morgan fingerprint density at radius 3 is 2.54 bits per heavy atom.